The Hall–Kier alpha value is -4.58. The van der Waals surface area contributed by atoms with Crippen LogP contribution in [0.2, 0.25) is 0 Å². The summed E-state index contributed by atoms with van der Waals surface area (Å²) < 4.78 is 26.9. The van der Waals surface area contributed by atoms with Crippen LogP contribution >= 0.6 is 18.9 Å². The van der Waals surface area contributed by atoms with E-state index in [-0.39, 0.29) is 48.4 Å². The van der Waals surface area contributed by atoms with E-state index in [1.165, 1.54) is 11.3 Å². The maximum Gasteiger partial charge on any atom is 0.323 e. The summed E-state index contributed by atoms with van der Waals surface area (Å²) in [6, 6.07) is 18.1. The molecule has 1 unspecified atom stereocenters. The molecule has 296 valence electrons. The largest absolute Gasteiger partial charge is 0.464 e. The number of para-hydroxylation sites is 1. The van der Waals surface area contributed by atoms with Crippen LogP contribution in [0, 0.1) is 5.92 Å². The number of carbonyl (C=O) groups is 4. The van der Waals surface area contributed by atoms with Crippen molar-refractivity contribution < 1.29 is 33.0 Å². The zero-order valence-corrected chi connectivity index (χ0v) is 33.8. The van der Waals surface area contributed by atoms with Crippen molar-refractivity contribution in [3.8, 4) is 5.75 Å². The molecule has 0 radical (unpaired) electrons. The van der Waals surface area contributed by atoms with E-state index >= 15 is 0 Å². The first-order valence-corrected chi connectivity index (χ1v) is 22.2. The highest BCUT2D eigenvalue weighted by Gasteiger charge is 2.47. The minimum absolute atomic E-state index is 0.00822. The average Bonchev–Trinajstić information content (AvgIpc) is 3.76. The van der Waals surface area contributed by atoms with E-state index in [0.29, 0.717) is 48.5 Å². The zero-order valence-electron chi connectivity index (χ0n) is 32.1. The number of fused-ring (bicyclic) bond motifs is 2. The molecule has 12 nitrogen and oxygen atoms in total. The highest BCUT2D eigenvalue weighted by Crippen LogP contribution is 2.48. The lowest BCUT2D eigenvalue weighted by molar-refractivity contribution is -0.148. The van der Waals surface area contributed by atoms with E-state index < -0.39 is 31.6 Å². The normalized spacial score (nSPS) is 21.5. The van der Waals surface area contributed by atoms with Crippen molar-refractivity contribution in [2.45, 2.75) is 95.5 Å². The van der Waals surface area contributed by atoms with Crippen molar-refractivity contribution in [1.82, 2.24) is 25.2 Å². The van der Waals surface area contributed by atoms with E-state index in [1.54, 1.807) is 41.4 Å². The fraction of sp³-hybridized carbons (Fsp3) is 0.452. The Balaban J connectivity index is 1.03. The smallest absolute Gasteiger partial charge is 0.323 e. The Morgan fingerprint density at radius 1 is 1.00 bits per heavy atom. The summed E-state index contributed by atoms with van der Waals surface area (Å²) in [7, 11) is -3.70. The number of rotatable bonds is 14. The van der Waals surface area contributed by atoms with Gasteiger partial charge < -0.3 is 24.4 Å². The molecule has 4 aromatic rings. The lowest BCUT2D eigenvalue weighted by Crippen LogP contribution is -2.58. The van der Waals surface area contributed by atoms with Crippen molar-refractivity contribution in [3.05, 3.63) is 95.1 Å². The number of hydrogen-bond acceptors (Lipinski definition) is 9. The Morgan fingerprint density at radius 3 is 2.54 bits per heavy atom. The van der Waals surface area contributed by atoms with Crippen LogP contribution in [-0.2, 0) is 29.8 Å². The van der Waals surface area contributed by atoms with Crippen LogP contribution in [0.1, 0.15) is 86.0 Å². The van der Waals surface area contributed by atoms with Gasteiger partial charge in [-0.15, -0.1) is 11.3 Å². The van der Waals surface area contributed by atoms with Gasteiger partial charge in [0.2, 0.25) is 11.8 Å². The minimum atomic E-state index is -3.70. The second-order valence-electron chi connectivity index (χ2n) is 15.5. The minimum Gasteiger partial charge on any atom is -0.464 e. The van der Waals surface area contributed by atoms with Crippen LogP contribution in [-0.4, -0.2) is 82.3 Å². The van der Waals surface area contributed by atoms with Gasteiger partial charge in [0.15, 0.2) is 0 Å². The number of aromatic nitrogens is 1. The monoisotopic (exact) mass is 799 g/mol. The van der Waals surface area contributed by atoms with Gasteiger partial charge in [-0.05, 0) is 97.4 Å². The van der Waals surface area contributed by atoms with Crippen LogP contribution in [0.15, 0.2) is 79.1 Å². The number of nitrogens with zero attached hydrogens (tertiary/aromatic N) is 3. The molecule has 7 rings (SSSR count). The van der Waals surface area contributed by atoms with E-state index in [2.05, 4.69) is 15.4 Å². The second-order valence-corrected chi connectivity index (χ2v) is 18.7. The van der Waals surface area contributed by atoms with Crippen LogP contribution in [0.5, 0.6) is 5.75 Å². The van der Waals surface area contributed by atoms with Gasteiger partial charge in [-0.3, -0.25) is 28.7 Å². The second kappa shape index (κ2) is 17.3. The van der Waals surface area contributed by atoms with Gasteiger partial charge in [-0.1, -0.05) is 51.1 Å². The van der Waals surface area contributed by atoms with E-state index in [1.807, 2.05) is 68.3 Å². The third kappa shape index (κ3) is 9.01. The molecule has 56 heavy (non-hydrogen) atoms. The van der Waals surface area contributed by atoms with E-state index in [4.69, 9.17) is 9.26 Å². The molecule has 0 aliphatic carbocycles. The van der Waals surface area contributed by atoms with Gasteiger partial charge in [0.1, 0.15) is 23.9 Å². The van der Waals surface area contributed by atoms with Gasteiger partial charge in [0, 0.05) is 42.1 Å². The number of nitrogens with one attached hydrogen (secondary N) is 2. The van der Waals surface area contributed by atoms with Crippen LogP contribution in [0.25, 0.3) is 10.1 Å². The summed E-state index contributed by atoms with van der Waals surface area (Å²) in [6.07, 6.45) is 7.41. The van der Waals surface area contributed by atoms with Crippen LogP contribution < -0.4 is 14.9 Å². The van der Waals surface area contributed by atoms with Gasteiger partial charge in [0.25, 0.3) is 5.91 Å². The van der Waals surface area contributed by atoms with Crippen molar-refractivity contribution in [3.63, 3.8) is 0 Å². The van der Waals surface area contributed by atoms with Crippen LogP contribution in [0.4, 0.5) is 0 Å². The number of carbonyl (C=O) groups excluding carboxylic acids is 4. The molecule has 3 fully saturated rings. The van der Waals surface area contributed by atoms with Crippen LogP contribution in [0.3, 0.4) is 0 Å². The summed E-state index contributed by atoms with van der Waals surface area (Å²) >= 11 is 1.31. The lowest BCUT2D eigenvalue weighted by Gasteiger charge is -2.42. The highest BCUT2D eigenvalue weighted by atomic mass is 32.1. The third-order valence-corrected chi connectivity index (χ3v) is 13.9. The number of thiophene rings is 1. The molecule has 0 spiro atoms. The summed E-state index contributed by atoms with van der Waals surface area (Å²) in [5.74, 6) is -0.228. The molecule has 3 aliphatic heterocycles. The fourth-order valence-corrected chi connectivity index (χ4v) is 10.9. The highest BCUT2D eigenvalue weighted by molar-refractivity contribution is 7.56. The standard InChI is InChI=1S/C42H50N5O7PS/c1-4-34(42(51)53-25-27(2)3)45-55(52,54-33-12-6-5-7-13-33)26-28-15-18-37-30(20-28)21-38(56-37)39(48)44-35-14-8-11-32-16-17-36(47(32)40(35)49)41(50)46-23-31(24-46)29-10-9-19-43-22-29/h5-7,9-10,12-13,15,18-22,27,31-32,34-36H,4,8,11,14,16-17,23-26H2,1-3H3,(H,44,48)(H,45,52)/t32-,34-,35-,36-,55?/m0/s1. The Morgan fingerprint density at radius 2 is 1.80 bits per heavy atom. The number of benzene rings is 2. The van der Waals surface area contributed by atoms with E-state index in [0.717, 1.165) is 34.9 Å². The van der Waals surface area contributed by atoms with Crippen molar-refractivity contribution in [1.29, 1.82) is 0 Å². The molecule has 14 heteroatoms. The first-order chi connectivity index (χ1) is 27.0. The quantitative estimate of drug-likeness (QED) is 0.103. The molecule has 0 saturated carbocycles. The molecular weight excluding hydrogens is 750 g/mol. The molecule has 2 aromatic heterocycles. The molecule has 3 aliphatic rings. The Bertz CT molecular complexity index is 2090. The number of esters is 1. The molecule has 3 saturated heterocycles. The van der Waals surface area contributed by atoms with Crippen molar-refractivity contribution in [2.24, 2.45) is 5.92 Å². The number of likely N-dealkylation sites (tertiary alicyclic amines) is 1. The number of amides is 3. The molecule has 2 N–H and O–H groups in total. The predicted molar refractivity (Wildman–Crippen MR) is 216 cm³/mol. The topological polar surface area (TPSA) is 147 Å². The maximum absolute atomic E-state index is 14.5. The van der Waals surface area contributed by atoms with E-state index in [9.17, 15) is 23.7 Å². The summed E-state index contributed by atoms with van der Waals surface area (Å²) in [4.78, 5) is 62.7. The summed E-state index contributed by atoms with van der Waals surface area (Å²) in [6.45, 7) is 7.21. The first-order valence-electron chi connectivity index (χ1n) is 19.6. The van der Waals surface area contributed by atoms with Crippen molar-refractivity contribution in [2.75, 3.05) is 19.7 Å². The lowest BCUT2D eigenvalue weighted by atomic mass is 9.92. The molecule has 5 heterocycles. The zero-order chi connectivity index (χ0) is 39.4. The SMILES string of the molecule is CC[C@H](NP(=O)(Cc1ccc2sc(C(=O)N[C@H]3CCC[C@H]4CC[C@@H](C(=O)N5CC(c6cccnc6)C5)N4C3=O)cc2c1)Oc1ccccc1)C(=O)OCC(C)C. The fourth-order valence-electron chi connectivity index (χ4n) is 7.86. The molecule has 0 bridgehead atoms. The van der Waals surface area contributed by atoms with Gasteiger partial charge in [-0.25, -0.2) is 5.09 Å². The first kappa shape index (κ1) is 39.6. The molecule has 5 atom stereocenters. The Kier molecular flexibility index (Phi) is 12.2. The van der Waals surface area contributed by atoms with Gasteiger partial charge in [-0.2, -0.15) is 0 Å². The molecular formula is C42H50N5O7PS. The van der Waals surface area contributed by atoms with Gasteiger partial charge in [0.05, 0.1) is 17.6 Å². The summed E-state index contributed by atoms with van der Waals surface area (Å²) in [5, 5.41) is 6.80. The van der Waals surface area contributed by atoms with Gasteiger partial charge >= 0.3 is 13.5 Å². The maximum atomic E-state index is 14.5. The molecule has 2 aromatic carbocycles. The van der Waals surface area contributed by atoms with Crippen molar-refractivity contribution >= 4 is 52.6 Å². The third-order valence-electron chi connectivity index (χ3n) is 10.8. The number of pyridine rings is 1. The average molecular weight is 800 g/mol. The predicted octanol–water partition coefficient (Wildman–Crippen LogP) is 6.90. The number of hydrogen-bond donors (Lipinski definition) is 2. The molecule has 3 amide bonds. The summed E-state index contributed by atoms with van der Waals surface area (Å²) in [5.41, 5.74) is 1.81. The number of ether oxygens (including phenoxy) is 1. The Labute approximate surface area is 331 Å².